The zero-order chi connectivity index (χ0) is 22.6. The van der Waals surface area contributed by atoms with E-state index in [1.54, 1.807) is 36.4 Å². The van der Waals surface area contributed by atoms with E-state index in [1.165, 1.54) is 18.5 Å². The van der Waals surface area contributed by atoms with Crippen molar-refractivity contribution in [3.63, 3.8) is 0 Å². The molecule has 2 heterocycles. The summed E-state index contributed by atoms with van der Waals surface area (Å²) in [6.45, 7) is 0.572. The van der Waals surface area contributed by atoms with E-state index in [0.717, 1.165) is 11.1 Å². The van der Waals surface area contributed by atoms with E-state index in [9.17, 15) is 9.18 Å². The fourth-order valence-corrected chi connectivity index (χ4v) is 3.43. The normalized spacial score (nSPS) is 11.8. The van der Waals surface area contributed by atoms with E-state index in [2.05, 4.69) is 20.6 Å². The van der Waals surface area contributed by atoms with Crippen LogP contribution in [0.4, 0.5) is 15.9 Å². The van der Waals surface area contributed by atoms with E-state index in [1.807, 2.05) is 24.3 Å². The lowest BCUT2D eigenvalue weighted by atomic mass is 10.1. The van der Waals surface area contributed by atoms with Gasteiger partial charge in [-0.05, 0) is 60.2 Å². The Morgan fingerprint density at radius 1 is 0.939 bits per heavy atom. The van der Waals surface area contributed by atoms with Gasteiger partial charge in [0.2, 0.25) is 6.79 Å². The Morgan fingerprint density at radius 2 is 1.79 bits per heavy atom. The topological polar surface area (TPSA) is 85.4 Å². The fourth-order valence-electron chi connectivity index (χ4n) is 3.43. The summed E-state index contributed by atoms with van der Waals surface area (Å²) in [5, 5.41) is 6.10. The van der Waals surface area contributed by atoms with Gasteiger partial charge in [0.05, 0.1) is 5.69 Å². The number of hydrogen-bond donors (Lipinski definition) is 2. The quantitative estimate of drug-likeness (QED) is 0.451. The standard InChI is InChI=1S/C25H19FN4O3/c26-19-7-5-17(6-8-19)21-12-24(29-14-28-21)30-20-3-1-2-18(11-20)25(31)27-13-16-4-9-22-23(10-16)33-15-32-22/h1-12,14H,13,15H2,(H,27,31)(H,28,29,30). The van der Waals surface area contributed by atoms with Crippen LogP contribution in [0.5, 0.6) is 11.5 Å². The number of rotatable bonds is 6. The first-order valence-electron chi connectivity index (χ1n) is 10.3. The summed E-state index contributed by atoms with van der Waals surface area (Å²) in [6, 6.07) is 20.5. The number of hydrogen-bond acceptors (Lipinski definition) is 6. The molecule has 8 heteroatoms. The first kappa shape index (κ1) is 20.4. The molecule has 1 amide bonds. The summed E-state index contributed by atoms with van der Waals surface area (Å²) in [5.41, 5.74) is 3.56. The molecule has 1 aliphatic heterocycles. The lowest BCUT2D eigenvalue weighted by Gasteiger charge is -2.10. The van der Waals surface area contributed by atoms with Crippen molar-refractivity contribution in [1.82, 2.24) is 15.3 Å². The maximum absolute atomic E-state index is 13.2. The second-order valence-corrected chi connectivity index (χ2v) is 7.37. The van der Waals surface area contributed by atoms with E-state index >= 15 is 0 Å². The molecule has 164 valence electrons. The van der Waals surface area contributed by atoms with E-state index in [-0.39, 0.29) is 18.5 Å². The average Bonchev–Trinajstić information content (AvgIpc) is 3.31. The van der Waals surface area contributed by atoms with Crippen LogP contribution in [-0.4, -0.2) is 22.7 Å². The van der Waals surface area contributed by atoms with Gasteiger partial charge in [0.1, 0.15) is 18.0 Å². The van der Waals surface area contributed by atoms with Crippen molar-refractivity contribution in [2.75, 3.05) is 12.1 Å². The molecule has 5 rings (SSSR count). The van der Waals surface area contributed by atoms with Crippen LogP contribution in [0.3, 0.4) is 0 Å². The zero-order valence-corrected chi connectivity index (χ0v) is 17.4. The Hall–Kier alpha value is -4.46. The lowest BCUT2D eigenvalue weighted by Crippen LogP contribution is -2.22. The highest BCUT2D eigenvalue weighted by Crippen LogP contribution is 2.32. The minimum atomic E-state index is -0.306. The largest absolute Gasteiger partial charge is 0.454 e. The first-order chi connectivity index (χ1) is 16.1. The maximum Gasteiger partial charge on any atom is 0.251 e. The van der Waals surface area contributed by atoms with Gasteiger partial charge in [0, 0.05) is 29.4 Å². The number of halogens is 1. The molecule has 1 aromatic heterocycles. The number of nitrogens with one attached hydrogen (secondary N) is 2. The molecular weight excluding hydrogens is 423 g/mol. The lowest BCUT2D eigenvalue weighted by molar-refractivity contribution is 0.0951. The molecule has 0 saturated heterocycles. The molecule has 0 unspecified atom stereocenters. The number of aromatic nitrogens is 2. The number of anilines is 2. The Balaban J connectivity index is 1.26. The summed E-state index contributed by atoms with van der Waals surface area (Å²) in [4.78, 5) is 21.2. The molecule has 0 bridgehead atoms. The van der Waals surface area contributed by atoms with Crippen molar-refractivity contribution in [2.24, 2.45) is 0 Å². The average molecular weight is 442 g/mol. The third kappa shape index (κ3) is 4.74. The van der Waals surface area contributed by atoms with Crippen LogP contribution >= 0.6 is 0 Å². The Kier molecular flexibility index (Phi) is 5.55. The molecule has 0 fully saturated rings. The van der Waals surface area contributed by atoms with Gasteiger partial charge in [-0.25, -0.2) is 14.4 Å². The van der Waals surface area contributed by atoms with Crippen LogP contribution in [0.2, 0.25) is 0 Å². The number of carbonyl (C=O) groups excluding carboxylic acids is 1. The molecule has 2 N–H and O–H groups in total. The number of benzene rings is 3. The summed E-state index contributed by atoms with van der Waals surface area (Å²) >= 11 is 0. The van der Waals surface area contributed by atoms with Crippen LogP contribution in [0.15, 0.2) is 79.1 Å². The third-order valence-electron chi connectivity index (χ3n) is 5.09. The smallest absolute Gasteiger partial charge is 0.251 e. The van der Waals surface area contributed by atoms with Crippen LogP contribution in [0.1, 0.15) is 15.9 Å². The minimum Gasteiger partial charge on any atom is -0.454 e. The van der Waals surface area contributed by atoms with Crippen LogP contribution < -0.4 is 20.1 Å². The Bertz CT molecular complexity index is 1310. The van der Waals surface area contributed by atoms with E-state index in [0.29, 0.717) is 40.8 Å². The van der Waals surface area contributed by atoms with Gasteiger partial charge in [0.25, 0.3) is 5.91 Å². The molecule has 4 aromatic rings. The number of amides is 1. The van der Waals surface area contributed by atoms with Gasteiger partial charge >= 0.3 is 0 Å². The van der Waals surface area contributed by atoms with Crippen molar-refractivity contribution < 1.29 is 18.7 Å². The molecule has 33 heavy (non-hydrogen) atoms. The van der Waals surface area contributed by atoms with Gasteiger partial charge in [-0.2, -0.15) is 0 Å². The number of nitrogens with zero attached hydrogens (tertiary/aromatic N) is 2. The molecule has 0 atom stereocenters. The summed E-state index contributed by atoms with van der Waals surface area (Å²) in [6.07, 6.45) is 1.43. The fraction of sp³-hybridized carbons (Fsp3) is 0.0800. The second-order valence-electron chi connectivity index (χ2n) is 7.37. The molecular formula is C25H19FN4O3. The van der Waals surface area contributed by atoms with Crippen molar-refractivity contribution in [3.05, 3.63) is 96.1 Å². The summed E-state index contributed by atoms with van der Waals surface area (Å²) < 4.78 is 23.9. The van der Waals surface area contributed by atoms with Crippen LogP contribution in [0, 0.1) is 5.82 Å². The molecule has 0 saturated carbocycles. The monoisotopic (exact) mass is 442 g/mol. The van der Waals surface area contributed by atoms with Gasteiger partial charge in [0.15, 0.2) is 11.5 Å². The Morgan fingerprint density at radius 3 is 2.67 bits per heavy atom. The van der Waals surface area contributed by atoms with E-state index < -0.39 is 0 Å². The summed E-state index contributed by atoms with van der Waals surface area (Å²) in [7, 11) is 0. The predicted octanol–water partition coefficient (Wildman–Crippen LogP) is 4.69. The van der Waals surface area contributed by atoms with Crippen molar-refractivity contribution >= 4 is 17.4 Å². The molecule has 0 aliphatic carbocycles. The molecule has 1 aliphatic rings. The predicted molar refractivity (Wildman–Crippen MR) is 121 cm³/mol. The Labute approximate surface area is 189 Å². The van der Waals surface area contributed by atoms with Crippen molar-refractivity contribution in [2.45, 2.75) is 6.54 Å². The first-order valence-corrected chi connectivity index (χ1v) is 10.3. The number of fused-ring (bicyclic) bond motifs is 1. The highest BCUT2D eigenvalue weighted by atomic mass is 19.1. The van der Waals surface area contributed by atoms with Gasteiger partial charge in [-0.15, -0.1) is 0 Å². The van der Waals surface area contributed by atoms with Crippen molar-refractivity contribution in [1.29, 1.82) is 0 Å². The molecule has 0 spiro atoms. The SMILES string of the molecule is O=C(NCc1ccc2c(c1)OCO2)c1cccc(Nc2cc(-c3ccc(F)cc3)ncn2)c1. The molecule has 0 radical (unpaired) electrons. The minimum absolute atomic E-state index is 0.203. The molecule has 7 nitrogen and oxygen atoms in total. The van der Waals surface area contributed by atoms with Crippen LogP contribution in [-0.2, 0) is 6.54 Å². The van der Waals surface area contributed by atoms with E-state index in [4.69, 9.17) is 9.47 Å². The van der Waals surface area contributed by atoms with Gasteiger partial charge < -0.3 is 20.1 Å². The van der Waals surface area contributed by atoms with Gasteiger partial charge in [-0.3, -0.25) is 4.79 Å². The highest BCUT2D eigenvalue weighted by Gasteiger charge is 2.14. The zero-order valence-electron chi connectivity index (χ0n) is 17.4. The molecule has 3 aromatic carbocycles. The highest BCUT2D eigenvalue weighted by molar-refractivity contribution is 5.95. The van der Waals surface area contributed by atoms with Crippen molar-refractivity contribution in [3.8, 4) is 22.8 Å². The van der Waals surface area contributed by atoms with Crippen LogP contribution in [0.25, 0.3) is 11.3 Å². The van der Waals surface area contributed by atoms with Gasteiger partial charge in [-0.1, -0.05) is 12.1 Å². The number of carbonyl (C=O) groups is 1. The third-order valence-corrected chi connectivity index (χ3v) is 5.09. The second kappa shape index (κ2) is 8.96. The summed E-state index contributed by atoms with van der Waals surface area (Å²) in [5.74, 6) is 1.43. The number of ether oxygens (including phenoxy) is 2. The maximum atomic E-state index is 13.2.